The van der Waals surface area contributed by atoms with E-state index in [9.17, 15) is 8.42 Å². The van der Waals surface area contributed by atoms with Crippen LogP contribution in [0.2, 0.25) is 0 Å². The first kappa shape index (κ1) is 14.2. The highest BCUT2D eigenvalue weighted by atomic mass is 32.2. The van der Waals surface area contributed by atoms with Crippen LogP contribution in [0.4, 0.5) is 0 Å². The van der Waals surface area contributed by atoms with Crippen molar-refractivity contribution in [3.05, 3.63) is 0 Å². The zero-order valence-corrected chi connectivity index (χ0v) is 10.8. The summed E-state index contributed by atoms with van der Waals surface area (Å²) in [5.41, 5.74) is 0. The summed E-state index contributed by atoms with van der Waals surface area (Å²) in [6, 6.07) is 0. The lowest BCUT2D eigenvalue weighted by Crippen LogP contribution is -2.35. The maximum atomic E-state index is 11.5. The van der Waals surface area contributed by atoms with Gasteiger partial charge >= 0.3 is 10.3 Å². The van der Waals surface area contributed by atoms with Crippen LogP contribution < -0.4 is 0 Å². The molecular weight excluding hydrogens is 242 g/mol. The number of hydrogen-bond acceptors (Lipinski definition) is 4. The Labute approximate surface area is 96.3 Å². The third-order valence-corrected chi connectivity index (χ3v) is 3.43. The van der Waals surface area contributed by atoms with Gasteiger partial charge in [-0.05, 0) is 12.8 Å². The lowest BCUT2D eigenvalue weighted by molar-refractivity contribution is 0.293. The van der Waals surface area contributed by atoms with E-state index in [1.54, 1.807) is 0 Å². The topological polar surface area (TPSA) is 46.6 Å². The molecule has 0 N–H and O–H groups in total. The molecule has 0 heterocycles. The van der Waals surface area contributed by atoms with Gasteiger partial charge in [-0.15, -0.1) is 12.6 Å². The largest absolute Gasteiger partial charge is 0.363 e. The molecule has 0 aromatic heterocycles. The second-order valence-corrected chi connectivity index (χ2v) is 5.28. The van der Waals surface area contributed by atoms with Crippen LogP contribution in [0.1, 0.15) is 26.7 Å². The summed E-state index contributed by atoms with van der Waals surface area (Å²) in [7, 11) is -3.73. The molecule has 14 heavy (non-hydrogen) atoms. The molecule has 0 radical (unpaired) electrons. The molecule has 84 valence electrons. The van der Waals surface area contributed by atoms with Gasteiger partial charge in [0.25, 0.3) is 0 Å². The van der Waals surface area contributed by atoms with Gasteiger partial charge in [-0.3, -0.25) is 4.18 Å². The van der Waals surface area contributed by atoms with Crippen molar-refractivity contribution in [1.29, 1.82) is 0 Å². The fourth-order valence-corrected chi connectivity index (χ4v) is 2.63. The minimum atomic E-state index is -3.73. The zero-order valence-electron chi connectivity index (χ0n) is 8.26. The number of rotatable bonds is 6. The van der Waals surface area contributed by atoms with E-state index in [2.05, 4.69) is 12.6 Å². The van der Waals surface area contributed by atoms with Crippen molar-refractivity contribution >= 4 is 39.5 Å². The lowest BCUT2D eigenvalue weighted by Gasteiger charge is -2.20. The van der Waals surface area contributed by atoms with Crippen LogP contribution in [0.25, 0.3) is 0 Å². The average Bonchev–Trinajstić information content (AvgIpc) is 2.10. The Hall–Kier alpha value is 0.150. The molecule has 0 saturated heterocycles. The predicted octanol–water partition coefficient (Wildman–Crippen LogP) is 1.58. The van der Waals surface area contributed by atoms with Crippen LogP contribution in [-0.2, 0) is 14.5 Å². The van der Waals surface area contributed by atoms with Gasteiger partial charge in [-0.2, -0.15) is 8.42 Å². The summed E-state index contributed by atoms with van der Waals surface area (Å²) < 4.78 is 28.7. The highest BCUT2D eigenvalue weighted by molar-refractivity contribution is 8.12. The van der Waals surface area contributed by atoms with Crippen molar-refractivity contribution in [2.45, 2.75) is 26.7 Å². The Morgan fingerprint density at radius 3 is 2.36 bits per heavy atom. The molecule has 0 fully saturated rings. The second-order valence-electron chi connectivity index (χ2n) is 2.63. The van der Waals surface area contributed by atoms with Gasteiger partial charge in [0.1, 0.15) is 4.32 Å². The first-order valence-electron chi connectivity index (χ1n) is 4.35. The first-order valence-corrected chi connectivity index (χ1v) is 6.57. The smallest absolute Gasteiger partial charge is 0.254 e. The molecule has 0 aliphatic heterocycles. The minimum absolute atomic E-state index is 0.0166. The van der Waals surface area contributed by atoms with Crippen LogP contribution in [0.3, 0.4) is 0 Å². The van der Waals surface area contributed by atoms with Crippen molar-refractivity contribution < 1.29 is 12.6 Å². The Kier molecular flexibility index (Phi) is 6.67. The molecule has 7 heteroatoms. The molecule has 0 aromatic carbocycles. The number of thiol groups is 1. The van der Waals surface area contributed by atoms with Gasteiger partial charge in [0.15, 0.2) is 0 Å². The Morgan fingerprint density at radius 1 is 1.43 bits per heavy atom. The van der Waals surface area contributed by atoms with E-state index in [1.165, 1.54) is 0 Å². The molecule has 0 rings (SSSR count). The average molecular weight is 257 g/mol. The Bertz CT molecular complexity index is 276. The third-order valence-electron chi connectivity index (χ3n) is 1.35. The van der Waals surface area contributed by atoms with Gasteiger partial charge < -0.3 is 0 Å². The van der Waals surface area contributed by atoms with Crippen molar-refractivity contribution in [1.82, 2.24) is 4.31 Å². The van der Waals surface area contributed by atoms with Gasteiger partial charge in [0.05, 0.1) is 6.61 Å². The summed E-state index contributed by atoms with van der Waals surface area (Å²) in [5, 5.41) is 0. The first-order chi connectivity index (χ1) is 6.45. The highest BCUT2D eigenvalue weighted by Crippen LogP contribution is 2.09. The second kappa shape index (κ2) is 6.60. The molecule has 0 spiro atoms. The zero-order chi connectivity index (χ0) is 11.2. The summed E-state index contributed by atoms with van der Waals surface area (Å²) in [6.07, 6.45) is 1.30. The minimum Gasteiger partial charge on any atom is -0.254 e. The molecule has 0 unspecified atom stereocenters. The van der Waals surface area contributed by atoms with Gasteiger partial charge in [-0.1, -0.05) is 26.1 Å². The maximum absolute atomic E-state index is 11.5. The van der Waals surface area contributed by atoms with E-state index in [0.29, 0.717) is 19.4 Å². The van der Waals surface area contributed by atoms with Gasteiger partial charge in [0, 0.05) is 6.54 Å². The highest BCUT2D eigenvalue weighted by Gasteiger charge is 2.22. The molecule has 0 aliphatic rings. The summed E-state index contributed by atoms with van der Waals surface area (Å²) in [4.78, 5) is 0. The van der Waals surface area contributed by atoms with E-state index >= 15 is 0 Å². The maximum Gasteiger partial charge on any atom is 0.363 e. The summed E-state index contributed by atoms with van der Waals surface area (Å²) in [5.74, 6) is 0. The van der Waals surface area contributed by atoms with E-state index in [0.717, 1.165) is 4.31 Å². The molecule has 0 aliphatic carbocycles. The quantitative estimate of drug-likeness (QED) is 0.580. The molecular formula is C7H15NO3S3. The fourth-order valence-electron chi connectivity index (χ4n) is 0.758. The van der Waals surface area contributed by atoms with Gasteiger partial charge in [0.2, 0.25) is 0 Å². The number of nitrogens with zero attached hydrogens (tertiary/aromatic N) is 1. The van der Waals surface area contributed by atoms with Crippen LogP contribution in [-0.4, -0.2) is 30.2 Å². The predicted molar refractivity (Wildman–Crippen MR) is 63.7 cm³/mol. The van der Waals surface area contributed by atoms with Crippen molar-refractivity contribution in [3.63, 3.8) is 0 Å². The molecule has 0 amide bonds. The van der Waals surface area contributed by atoms with Crippen molar-refractivity contribution in [2.24, 2.45) is 0 Å². The third kappa shape index (κ3) is 4.59. The van der Waals surface area contributed by atoms with Crippen LogP contribution in [0, 0.1) is 0 Å². The summed E-state index contributed by atoms with van der Waals surface area (Å²) in [6.45, 7) is 4.15. The van der Waals surface area contributed by atoms with E-state index in [4.69, 9.17) is 16.4 Å². The molecule has 0 bridgehead atoms. The van der Waals surface area contributed by atoms with Gasteiger partial charge in [-0.25, -0.2) is 4.31 Å². The van der Waals surface area contributed by atoms with E-state index in [1.807, 2.05) is 13.8 Å². The van der Waals surface area contributed by atoms with Crippen LogP contribution in [0.5, 0.6) is 0 Å². The van der Waals surface area contributed by atoms with Crippen LogP contribution >= 0.6 is 24.8 Å². The number of thiocarbonyl (C=S) groups is 1. The molecule has 0 saturated carbocycles. The molecule has 0 aromatic rings. The fraction of sp³-hybridized carbons (Fsp3) is 0.857. The number of hydrogen-bond donors (Lipinski definition) is 1. The standard InChI is InChI=1S/C7H15NO3S3/c1-3-5-8(7(12)13)14(9,10)11-6-4-2/h3-6H2,1-2H3,(H,12,13). The summed E-state index contributed by atoms with van der Waals surface area (Å²) >= 11 is 8.55. The SMILES string of the molecule is CCCOS(=O)(=O)N(CCC)C(=S)S. The Balaban J connectivity index is 4.55. The normalized spacial score (nSPS) is 11.4. The van der Waals surface area contributed by atoms with E-state index in [-0.39, 0.29) is 10.9 Å². The van der Waals surface area contributed by atoms with Crippen molar-refractivity contribution in [3.8, 4) is 0 Å². The van der Waals surface area contributed by atoms with Crippen molar-refractivity contribution in [2.75, 3.05) is 13.2 Å². The molecule has 0 atom stereocenters. The van der Waals surface area contributed by atoms with Crippen LogP contribution in [0.15, 0.2) is 0 Å². The lowest BCUT2D eigenvalue weighted by atomic mass is 10.5. The Morgan fingerprint density at radius 2 is 2.00 bits per heavy atom. The molecule has 4 nitrogen and oxygen atoms in total. The monoisotopic (exact) mass is 257 g/mol. The van der Waals surface area contributed by atoms with E-state index < -0.39 is 10.3 Å².